The SMILES string of the molecule is Cc1cc2c(c(C(C)(C)C)c1)OP(=O)(Cl)Oc1c(cc(C)cc1C(C)(C)C)C2C. The van der Waals surface area contributed by atoms with Gasteiger partial charge in [-0.2, -0.15) is 0 Å². The Morgan fingerprint density at radius 2 is 1.14 bits per heavy atom. The van der Waals surface area contributed by atoms with Crippen LogP contribution >= 0.6 is 18.2 Å². The average molecular weight is 435 g/mol. The van der Waals surface area contributed by atoms with Crippen molar-refractivity contribution in [3.05, 3.63) is 57.6 Å². The largest absolute Gasteiger partial charge is 0.530 e. The van der Waals surface area contributed by atoms with Crippen molar-refractivity contribution in [2.75, 3.05) is 0 Å². The van der Waals surface area contributed by atoms with Gasteiger partial charge in [0.25, 0.3) is 0 Å². The Hall–Kier alpha value is -1.44. The van der Waals surface area contributed by atoms with Crippen LogP contribution in [0.4, 0.5) is 0 Å². The highest BCUT2D eigenvalue weighted by atomic mass is 35.7. The van der Waals surface area contributed by atoms with Crippen molar-refractivity contribution in [3.8, 4) is 11.5 Å². The Morgan fingerprint density at radius 3 is 1.45 bits per heavy atom. The van der Waals surface area contributed by atoms with E-state index in [4.69, 9.17) is 20.3 Å². The number of rotatable bonds is 0. The maximum absolute atomic E-state index is 13.3. The van der Waals surface area contributed by atoms with Gasteiger partial charge in [-0.25, -0.2) is 4.57 Å². The van der Waals surface area contributed by atoms with E-state index in [1.807, 2.05) is 0 Å². The van der Waals surface area contributed by atoms with Gasteiger partial charge in [-0.05, 0) is 24.7 Å². The van der Waals surface area contributed by atoms with Gasteiger partial charge in [0, 0.05) is 39.4 Å². The number of aryl methyl sites for hydroxylation is 2. The Kier molecular flexibility index (Phi) is 5.42. The maximum atomic E-state index is 13.3. The zero-order valence-electron chi connectivity index (χ0n) is 18.9. The summed E-state index contributed by atoms with van der Waals surface area (Å²) in [5.74, 6) is 1.16. The van der Waals surface area contributed by atoms with Crippen molar-refractivity contribution in [3.63, 3.8) is 0 Å². The van der Waals surface area contributed by atoms with Crippen molar-refractivity contribution in [1.29, 1.82) is 0 Å². The van der Waals surface area contributed by atoms with Crippen molar-refractivity contribution < 1.29 is 13.6 Å². The third-order valence-corrected chi connectivity index (χ3v) is 6.69. The second-order valence-electron chi connectivity index (χ2n) is 10.3. The number of hydrogen-bond donors (Lipinski definition) is 0. The molecule has 0 unspecified atom stereocenters. The van der Waals surface area contributed by atoms with Crippen LogP contribution in [0.25, 0.3) is 0 Å². The highest BCUT2D eigenvalue weighted by Gasteiger charge is 2.38. The molecule has 3 nitrogen and oxygen atoms in total. The van der Waals surface area contributed by atoms with E-state index in [2.05, 4.69) is 86.6 Å². The lowest BCUT2D eigenvalue weighted by atomic mass is 9.79. The van der Waals surface area contributed by atoms with Gasteiger partial charge in [0.2, 0.25) is 0 Å². The van der Waals surface area contributed by atoms with E-state index in [1.165, 1.54) is 0 Å². The van der Waals surface area contributed by atoms with E-state index in [9.17, 15) is 4.57 Å². The van der Waals surface area contributed by atoms with Crippen LogP contribution in [0.2, 0.25) is 0 Å². The quantitative estimate of drug-likeness (QED) is 0.392. The molecule has 2 aromatic rings. The van der Waals surface area contributed by atoms with Crippen LogP contribution in [0.5, 0.6) is 11.5 Å². The van der Waals surface area contributed by atoms with Crippen molar-refractivity contribution in [1.82, 2.24) is 0 Å². The molecule has 1 heterocycles. The zero-order chi connectivity index (χ0) is 21.9. The van der Waals surface area contributed by atoms with Gasteiger partial charge in [0.1, 0.15) is 11.5 Å². The van der Waals surface area contributed by atoms with Gasteiger partial charge < -0.3 is 9.05 Å². The summed E-state index contributed by atoms with van der Waals surface area (Å²) in [7, 11) is 0. The molecule has 29 heavy (non-hydrogen) atoms. The van der Waals surface area contributed by atoms with Gasteiger partial charge in [-0.1, -0.05) is 83.9 Å². The highest BCUT2D eigenvalue weighted by Crippen LogP contribution is 2.60. The Labute approximate surface area is 180 Å². The van der Waals surface area contributed by atoms with Gasteiger partial charge in [0.05, 0.1) is 0 Å². The van der Waals surface area contributed by atoms with Gasteiger partial charge in [0.15, 0.2) is 0 Å². The van der Waals surface area contributed by atoms with Gasteiger partial charge in [-0.15, -0.1) is 0 Å². The minimum atomic E-state index is -3.90. The Bertz CT molecular complexity index is 935. The van der Waals surface area contributed by atoms with Crippen molar-refractivity contribution in [2.45, 2.75) is 79.1 Å². The zero-order valence-corrected chi connectivity index (χ0v) is 20.6. The number of hydrogen-bond acceptors (Lipinski definition) is 3. The minimum Gasteiger partial charge on any atom is -0.404 e. The fraction of sp³-hybridized carbons (Fsp3) is 0.500. The first kappa shape index (κ1) is 22.2. The normalized spacial score (nSPS) is 21.9. The first-order chi connectivity index (χ1) is 13.1. The number of halogens is 1. The lowest BCUT2D eigenvalue weighted by Gasteiger charge is -2.33. The van der Waals surface area contributed by atoms with Crippen LogP contribution in [-0.4, -0.2) is 0 Å². The smallest absolute Gasteiger partial charge is 0.404 e. The molecule has 0 fully saturated rings. The molecular formula is C24H32ClO3P. The minimum absolute atomic E-state index is 0.000957. The van der Waals surface area contributed by atoms with Gasteiger partial charge >= 0.3 is 6.95 Å². The predicted molar refractivity (Wildman–Crippen MR) is 122 cm³/mol. The van der Waals surface area contributed by atoms with Crippen molar-refractivity contribution in [2.24, 2.45) is 0 Å². The number of fused-ring (bicyclic) bond motifs is 2. The second kappa shape index (κ2) is 7.06. The summed E-state index contributed by atoms with van der Waals surface area (Å²) in [5, 5.41) is 0. The second-order valence-corrected chi connectivity index (χ2v) is 12.8. The summed E-state index contributed by atoms with van der Waals surface area (Å²) in [6.07, 6.45) is 0. The summed E-state index contributed by atoms with van der Waals surface area (Å²) in [4.78, 5) is 0. The molecule has 158 valence electrons. The van der Waals surface area contributed by atoms with E-state index >= 15 is 0 Å². The van der Waals surface area contributed by atoms with Crippen LogP contribution in [-0.2, 0) is 15.4 Å². The van der Waals surface area contributed by atoms with E-state index in [0.29, 0.717) is 11.5 Å². The molecule has 0 amide bonds. The molecule has 1 aliphatic heterocycles. The summed E-state index contributed by atoms with van der Waals surface area (Å²) in [6, 6.07) is 8.39. The fourth-order valence-corrected chi connectivity index (χ4v) is 5.26. The standard InChI is InChI=1S/C24H32ClO3P/c1-14-10-17-16(3)18-11-15(2)13-20(24(7,8)9)22(18)28-29(25,26)27-21(17)19(12-14)23(4,5)6/h10-13,16H,1-9H3. The summed E-state index contributed by atoms with van der Waals surface area (Å²) in [5.41, 5.74) is 5.83. The third-order valence-electron chi connectivity index (χ3n) is 5.47. The van der Waals surface area contributed by atoms with E-state index in [0.717, 1.165) is 33.4 Å². The molecule has 0 aromatic heterocycles. The molecule has 0 N–H and O–H groups in total. The first-order valence-electron chi connectivity index (χ1n) is 10.1. The van der Waals surface area contributed by atoms with E-state index in [-0.39, 0.29) is 16.7 Å². The molecule has 0 saturated carbocycles. The molecule has 0 aliphatic carbocycles. The third kappa shape index (κ3) is 4.37. The predicted octanol–water partition coefficient (Wildman–Crippen LogP) is 8.17. The van der Waals surface area contributed by atoms with Crippen LogP contribution < -0.4 is 9.05 Å². The topological polar surface area (TPSA) is 35.5 Å². The molecular weight excluding hydrogens is 403 g/mol. The molecule has 0 bridgehead atoms. The number of benzene rings is 2. The molecule has 0 spiro atoms. The van der Waals surface area contributed by atoms with Crippen LogP contribution in [0.1, 0.15) is 87.8 Å². The summed E-state index contributed by atoms with van der Waals surface area (Å²) < 4.78 is 25.2. The van der Waals surface area contributed by atoms with Crippen LogP contribution in [0, 0.1) is 13.8 Å². The average Bonchev–Trinajstić information content (AvgIpc) is 2.53. The lowest BCUT2D eigenvalue weighted by molar-refractivity contribution is 0.384. The Morgan fingerprint density at radius 1 is 0.793 bits per heavy atom. The molecule has 0 atom stereocenters. The first-order valence-corrected chi connectivity index (χ1v) is 12.5. The molecule has 5 heteroatoms. The monoisotopic (exact) mass is 434 g/mol. The molecule has 0 radical (unpaired) electrons. The van der Waals surface area contributed by atoms with Gasteiger partial charge in [-0.3, -0.25) is 0 Å². The molecule has 0 saturated heterocycles. The molecule has 2 aromatic carbocycles. The Balaban J connectivity index is 2.41. The summed E-state index contributed by atoms with van der Waals surface area (Å²) in [6.45, 7) is 15.1. The highest BCUT2D eigenvalue weighted by molar-refractivity contribution is 7.82. The molecule has 1 aliphatic rings. The van der Waals surface area contributed by atoms with Crippen molar-refractivity contribution >= 4 is 18.2 Å². The van der Waals surface area contributed by atoms with E-state index < -0.39 is 6.95 Å². The summed E-state index contributed by atoms with van der Waals surface area (Å²) >= 11 is 6.39. The maximum Gasteiger partial charge on any atom is 0.530 e. The van der Waals surface area contributed by atoms with Crippen LogP contribution in [0.3, 0.4) is 0 Å². The van der Waals surface area contributed by atoms with Crippen LogP contribution in [0.15, 0.2) is 24.3 Å². The fourth-order valence-electron chi connectivity index (χ4n) is 3.97. The lowest BCUT2D eigenvalue weighted by Crippen LogP contribution is -2.19. The van der Waals surface area contributed by atoms with E-state index in [1.54, 1.807) is 0 Å². The molecule has 3 rings (SSSR count).